The van der Waals surface area contributed by atoms with Crippen LogP contribution < -0.4 is 4.90 Å². The van der Waals surface area contributed by atoms with Crippen molar-refractivity contribution in [2.45, 2.75) is 18.9 Å². The molecule has 98 valence electrons. The Kier molecular flexibility index (Phi) is 4.09. The zero-order valence-corrected chi connectivity index (χ0v) is 11.0. The first-order valence-electron chi connectivity index (χ1n) is 5.94. The van der Waals surface area contributed by atoms with Crippen LogP contribution in [0.5, 0.6) is 0 Å². The van der Waals surface area contributed by atoms with E-state index in [1.54, 1.807) is 18.2 Å². The minimum absolute atomic E-state index is 0.160. The second kappa shape index (κ2) is 5.59. The second-order valence-electron chi connectivity index (χ2n) is 4.46. The standard InChI is InChI=1S/C13H16ClNO3/c1-15(8-9-4-3-7-18-9)12-10(13(16)17)5-2-6-11(12)14/h2,5-6,9H,3-4,7-8H2,1H3,(H,16,17). The molecule has 18 heavy (non-hydrogen) atoms. The lowest BCUT2D eigenvalue weighted by atomic mass is 10.1. The van der Waals surface area contributed by atoms with E-state index in [-0.39, 0.29) is 11.7 Å². The van der Waals surface area contributed by atoms with Crippen LogP contribution in [0.4, 0.5) is 5.69 Å². The maximum absolute atomic E-state index is 11.2. The fraction of sp³-hybridized carbons (Fsp3) is 0.462. The molecule has 4 nitrogen and oxygen atoms in total. The number of anilines is 1. The van der Waals surface area contributed by atoms with Gasteiger partial charge in [0, 0.05) is 20.2 Å². The summed E-state index contributed by atoms with van der Waals surface area (Å²) in [6.07, 6.45) is 2.23. The number of benzene rings is 1. The van der Waals surface area contributed by atoms with Gasteiger partial charge in [-0.3, -0.25) is 0 Å². The first-order chi connectivity index (χ1) is 8.59. The van der Waals surface area contributed by atoms with Crippen molar-refractivity contribution in [1.29, 1.82) is 0 Å². The van der Waals surface area contributed by atoms with Gasteiger partial charge in [-0.2, -0.15) is 0 Å². The molecule has 1 aliphatic heterocycles. The number of carboxylic acid groups (broad SMARTS) is 1. The molecule has 1 unspecified atom stereocenters. The molecular formula is C13H16ClNO3. The highest BCUT2D eigenvalue weighted by Gasteiger charge is 2.22. The number of halogens is 1. The molecule has 0 aromatic heterocycles. The third kappa shape index (κ3) is 2.76. The van der Waals surface area contributed by atoms with Crippen molar-refractivity contribution in [3.05, 3.63) is 28.8 Å². The number of hydrogen-bond donors (Lipinski definition) is 1. The van der Waals surface area contributed by atoms with Gasteiger partial charge in [-0.25, -0.2) is 4.79 Å². The third-order valence-electron chi connectivity index (χ3n) is 3.10. The molecule has 1 aliphatic rings. The van der Waals surface area contributed by atoms with Crippen LogP contribution in [0.1, 0.15) is 23.2 Å². The Bertz CT molecular complexity index is 444. The number of hydrogen-bond acceptors (Lipinski definition) is 3. The van der Waals surface area contributed by atoms with Crippen LogP contribution in [-0.4, -0.2) is 37.4 Å². The first-order valence-corrected chi connectivity index (χ1v) is 6.32. The molecule has 0 radical (unpaired) electrons. The normalized spacial score (nSPS) is 18.9. The molecule has 0 aliphatic carbocycles. The van der Waals surface area contributed by atoms with Crippen LogP contribution in [0.25, 0.3) is 0 Å². The maximum Gasteiger partial charge on any atom is 0.337 e. The fourth-order valence-corrected chi connectivity index (χ4v) is 2.58. The summed E-state index contributed by atoms with van der Waals surface area (Å²) in [5, 5.41) is 9.64. The van der Waals surface area contributed by atoms with E-state index in [0.29, 0.717) is 17.3 Å². The van der Waals surface area contributed by atoms with E-state index >= 15 is 0 Å². The van der Waals surface area contributed by atoms with Gasteiger partial charge in [-0.1, -0.05) is 17.7 Å². The molecule has 1 aromatic rings. The predicted molar refractivity (Wildman–Crippen MR) is 70.7 cm³/mol. The van der Waals surface area contributed by atoms with Crippen molar-refractivity contribution in [2.24, 2.45) is 0 Å². The quantitative estimate of drug-likeness (QED) is 0.913. The molecule has 1 aromatic carbocycles. The molecule has 1 N–H and O–H groups in total. The average Bonchev–Trinajstić information content (AvgIpc) is 2.81. The van der Waals surface area contributed by atoms with Crippen LogP contribution >= 0.6 is 11.6 Å². The van der Waals surface area contributed by atoms with Gasteiger partial charge in [-0.15, -0.1) is 0 Å². The van der Waals surface area contributed by atoms with Gasteiger partial charge in [0.25, 0.3) is 0 Å². The Balaban J connectivity index is 2.22. The summed E-state index contributed by atoms with van der Waals surface area (Å²) in [6.45, 7) is 1.44. The number of rotatable bonds is 4. The lowest BCUT2D eigenvalue weighted by molar-refractivity contribution is 0.0697. The largest absolute Gasteiger partial charge is 0.478 e. The molecule has 0 spiro atoms. The molecule has 1 saturated heterocycles. The summed E-state index contributed by atoms with van der Waals surface area (Å²) in [4.78, 5) is 13.1. The first kappa shape index (κ1) is 13.2. The highest BCUT2D eigenvalue weighted by atomic mass is 35.5. The number of ether oxygens (including phenoxy) is 1. The van der Waals surface area contributed by atoms with E-state index in [1.807, 2.05) is 11.9 Å². The topological polar surface area (TPSA) is 49.8 Å². The van der Waals surface area contributed by atoms with Crippen LogP contribution in [0.15, 0.2) is 18.2 Å². The third-order valence-corrected chi connectivity index (χ3v) is 3.41. The molecule has 1 fully saturated rings. The summed E-state index contributed by atoms with van der Waals surface area (Å²) in [7, 11) is 1.84. The van der Waals surface area contributed by atoms with Gasteiger partial charge in [0.15, 0.2) is 0 Å². The maximum atomic E-state index is 11.2. The Morgan fingerprint density at radius 3 is 3.00 bits per heavy atom. The van der Waals surface area contributed by atoms with Crippen LogP contribution in [-0.2, 0) is 4.74 Å². The van der Waals surface area contributed by atoms with E-state index in [1.165, 1.54) is 0 Å². The van der Waals surface area contributed by atoms with Crippen molar-refractivity contribution >= 4 is 23.3 Å². The van der Waals surface area contributed by atoms with Gasteiger partial charge < -0.3 is 14.7 Å². The van der Waals surface area contributed by atoms with Crippen LogP contribution in [0.2, 0.25) is 5.02 Å². The van der Waals surface area contributed by atoms with Crippen molar-refractivity contribution in [3.63, 3.8) is 0 Å². The molecular weight excluding hydrogens is 254 g/mol. The fourth-order valence-electron chi connectivity index (χ4n) is 2.26. The number of carbonyl (C=O) groups is 1. The Morgan fingerprint density at radius 2 is 2.39 bits per heavy atom. The predicted octanol–water partition coefficient (Wildman–Crippen LogP) is 2.65. The molecule has 1 heterocycles. The molecule has 1 atom stereocenters. The van der Waals surface area contributed by atoms with Gasteiger partial charge in [0.1, 0.15) is 0 Å². The lowest BCUT2D eigenvalue weighted by Crippen LogP contribution is -2.30. The van der Waals surface area contributed by atoms with E-state index in [0.717, 1.165) is 19.4 Å². The molecule has 2 rings (SSSR count). The van der Waals surface area contributed by atoms with E-state index in [9.17, 15) is 9.90 Å². The molecule has 0 saturated carbocycles. The minimum Gasteiger partial charge on any atom is -0.478 e. The average molecular weight is 270 g/mol. The lowest BCUT2D eigenvalue weighted by Gasteiger charge is -2.25. The molecule has 0 bridgehead atoms. The van der Waals surface area contributed by atoms with E-state index < -0.39 is 5.97 Å². The smallest absolute Gasteiger partial charge is 0.337 e. The highest BCUT2D eigenvalue weighted by Crippen LogP contribution is 2.30. The monoisotopic (exact) mass is 269 g/mol. The van der Waals surface area contributed by atoms with Crippen molar-refractivity contribution in [3.8, 4) is 0 Å². The van der Waals surface area contributed by atoms with Crippen molar-refractivity contribution < 1.29 is 14.6 Å². The van der Waals surface area contributed by atoms with Crippen LogP contribution in [0.3, 0.4) is 0 Å². The number of nitrogens with zero attached hydrogens (tertiary/aromatic N) is 1. The van der Waals surface area contributed by atoms with Gasteiger partial charge in [0.05, 0.1) is 22.4 Å². The molecule has 5 heteroatoms. The van der Waals surface area contributed by atoms with Crippen molar-refractivity contribution in [2.75, 3.05) is 25.1 Å². The Morgan fingerprint density at radius 1 is 1.61 bits per heavy atom. The van der Waals surface area contributed by atoms with E-state index in [4.69, 9.17) is 16.3 Å². The number of aromatic carboxylic acids is 1. The zero-order chi connectivity index (χ0) is 13.1. The number of para-hydroxylation sites is 1. The van der Waals surface area contributed by atoms with Gasteiger partial charge in [0.2, 0.25) is 0 Å². The summed E-state index contributed by atoms with van der Waals surface area (Å²) in [6, 6.07) is 4.92. The number of carboxylic acids is 1. The highest BCUT2D eigenvalue weighted by molar-refractivity contribution is 6.34. The summed E-state index contributed by atoms with van der Waals surface area (Å²) >= 11 is 6.11. The summed E-state index contributed by atoms with van der Waals surface area (Å²) < 4.78 is 5.55. The van der Waals surface area contributed by atoms with E-state index in [2.05, 4.69) is 0 Å². The second-order valence-corrected chi connectivity index (χ2v) is 4.86. The summed E-state index contributed by atoms with van der Waals surface area (Å²) in [5.74, 6) is -0.966. The zero-order valence-electron chi connectivity index (χ0n) is 10.2. The van der Waals surface area contributed by atoms with Crippen molar-refractivity contribution in [1.82, 2.24) is 0 Å². The minimum atomic E-state index is -0.966. The Labute approximate surface area is 111 Å². The van der Waals surface area contributed by atoms with Gasteiger partial charge >= 0.3 is 5.97 Å². The Hall–Kier alpha value is -1.26. The number of likely N-dealkylation sites (N-methyl/N-ethyl adjacent to an activating group) is 1. The summed E-state index contributed by atoms with van der Waals surface area (Å²) in [5.41, 5.74) is 0.783. The molecule has 0 amide bonds. The van der Waals surface area contributed by atoms with Gasteiger partial charge in [-0.05, 0) is 25.0 Å². The van der Waals surface area contributed by atoms with Crippen LogP contribution in [0, 0.1) is 0 Å². The SMILES string of the molecule is CN(CC1CCCO1)c1c(Cl)cccc1C(=O)O.